The molecule has 0 fully saturated rings. The molecule has 1 amide bonds. The lowest BCUT2D eigenvalue weighted by Gasteiger charge is -2.07. The number of hydrogen-bond donors (Lipinski definition) is 2. The molecule has 0 radical (unpaired) electrons. The van der Waals surface area contributed by atoms with Crippen LogP contribution in [0.4, 0.5) is 11.4 Å². The zero-order valence-electron chi connectivity index (χ0n) is 12.2. The number of hydrogen-bond acceptors (Lipinski definition) is 3. The molecule has 5 nitrogen and oxygen atoms in total. The molecule has 3 rings (SSSR count). The van der Waals surface area contributed by atoms with E-state index in [1.165, 1.54) is 6.92 Å². The van der Waals surface area contributed by atoms with Gasteiger partial charge in [0.15, 0.2) is 0 Å². The van der Waals surface area contributed by atoms with Crippen molar-refractivity contribution in [1.29, 1.82) is 0 Å². The zero-order chi connectivity index (χ0) is 15.5. The fraction of sp³-hybridized carbons (Fsp3) is 0.0588. The minimum atomic E-state index is -0.146. The lowest BCUT2D eigenvalue weighted by molar-refractivity contribution is -0.114. The summed E-state index contributed by atoms with van der Waals surface area (Å²) in [6, 6.07) is 17.3. The van der Waals surface area contributed by atoms with Crippen LogP contribution in [0.2, 0.25) is 0 Å². The fourth-order valence-corrected chi connectivity index (χ4v) is 2.23. The molecular weight excluding hydrogens is 276 g/mol. The molecule has 110 valence electrons. The van der Waals surface area contributed by atoms with Gasteiger partial charge in [-0.05, 0) is 30.3 Å². The second kappa shape index (κ2) is 5.73. The Balaban J connectivity index is 1.91. The number of carbonyl (C=O) groups is 1. The Morgan fingerprint density at radius 1 is 1.14 bits per heavy atom. The first-order valence-corrected chi connectivity index (χ1v) is 6.92. The number of carbonyl (C=O) groups excluding carboxylic acids is 1. The van der Waals surface area contributed by atoms with Gasteiger partial charge in [0, 0.05) is 18.7 Å². The largest absolute Gasteiger partial charge is 0.397 e. The molecule has 1 heterocycles. The van der Waals surface area contributed by atoms with Crippen LogP contribution >= 0.6 is 0 Å². The predicted octanol–water partition coefficient (Wildman–Crippen LogP) is 3.08. The molecule has 0 saturated carbocycles. The molecule has 0 atom stereocenters. The fourth-order valence-electron chi connectivity index (χ4n) is 2.23. The van der Waals surface area contributed by atoms with E-state index in [2.05, 4.69) is 10.4 Å². The zero-order valence-corrected chi connectivity index (χ0v) is 12.2. The molecule has 3 aromatic rings. The Labute approximate surface area is 128 Å². The van der Waals surface area contributed by atoms with Gasteiger partial charge in [0.2, 0.25) is 5.91 Å². The van der Waals surface area contributed by atoms with Crippen molar-refractivity contribution in [3.8, 4) is 16.9 Å². The molecule has 0 saturated heterocycles. The standard InChI is InChI=1S/C17H16N4O/c1-12(22)19-17-8-7-13(11-15(17)18)16-9-10-21(20-16)14-5-3-2-4-6-14/h2-11H,18H2,1H3,(H,19,22). The van der Waals surface area contributed by atoms with Crippen molar-refractivity contribution in [3.05, 3.63) is 60.8 Å². The smallest absolute Gasteiger partial charge is 0.221 e. The first kappa shape index (κ1) is 13.9. The van der Waals surface area contributed by atoms with E-state index in [1.807, 2.05) is 59.4 Å². The Morgan fingerprint density at radius 3 is 2.59 bits per heavy atom. The lowest BCUT2D eigenvalue weighted by atomic mass is 10.1. The molecular formula is C17H16N4O. The van der Waals surface area contributed by atoms with Gasteiger partial charge in [-0.25, -0.2) is 4.68 Å². The second-order valence-corrected chi connectivity index (χ2v) is 4.96. The van der Waals surface area contributed by atoms with Crippen LogP contribution in [-0.2, 0) is 4.79 Å². The first-order valence-electron chi connectivity index (χ1n) is 6.92. The van der Waals surface area contributed by atoms with Crippen LogP contribution in [0.15, 0.2) is 60.8 Å². The Morgan fingerprint density at radius 2 is 1.91 bits per heavy atom. The molecule has 22 heavy (non-hydrogen) atoms. The van der Waals surface area contributed by atoms with Gasteiger partial charge >= 0.3 is 0 Å². The van der Waals surface area contributed by atoms with Gasteiger partial charge < -0.3 is 11.1 Å². The van der Waals surface area contributed by atoms with Gasteiger partial charge in [-0.2, -0.15) is 5.10 Å². The SMILES string of the molecule is CC(=O)Nc1ccc(-c2ccn(-c3ccccc3)n2)cc1N. The molecule has 0 aliphatic rings. The van der Waals surface area contributed by atoms with Gasteiger partial charge in [0.05, 0.1) is 22.8 Å². The molecule has 5 heteroatoms. The summed E-state index contributed by atoms with van der Waals surface area (Å²) in [5, 5.41) is 7.25. The van der Waals surface area contributed by atoms with Crippen LogP contribution in [0.25, 0.3) is 16.9 Å². The maximum absolute atomic E-state index is 11.1. The summed E-state index contributed by atoms with van der Waals surface area (Å²) in [4.78, 5) is 11.1. The highest BCUT2D eigenvalue weighted by molar-refractivity contribution is 5.92. The number of rotatable bonds is 3. The molecule has 3 N–H and O–H groups in total. The summed E-state index contributed by atoms with van der Waals surface area (Å²) < 4.78 is 1.81. The summed E-state index contributed by atoms with van der Waals surface area (Å²) >= 11 is 0. The van der Waals surface area contributed by atoms with Crippen LogP contribution in [0, 0.1) is 0 Å². The van der Waals surface area contributed by atoms with E-state index in [9.17, 15) is 4.79 Å². The Kier molecular flexibility index (Phi) is 3.62. The molecule has 2 aromatic carbocycles. The Bertz CT molecular complexity index is 809. The van der Waals surface area contributed by atoms with Gasteiger partial charge in [-0.1, -0.05) is 24.3 Å². The number of nitrogens with two attached hydrogens (primary N) is 1. The number of amides is 1. The van der Waals surface area contributed by atoms with Gasteiger partial charge in [-0.15, -0.1) is 0 Å². The molecule has 0 aliphatic heterocycles. The summed E-state index contributed by atoms with van der Waals surface area (Å²) in [5.74, 6) is -0.146. The lowest BCUT2D eigenvalue weighted by Crippen LogP contribution is -2.07. The van der Waals surface area contributed by atoms with Crippen molar-refractivity contribution in [2.75, 3.05) is 11.1 Å². The van der Waals surface area contributed by atoms with E-state index in [4.69, 9.17) is 5.73 Å². The summed E-state index contributed by atoms with van der Waals surface area (Å²) in [6.07, 6.45) is 1.91. The van der Waals surface area contributed by atoms with Crippen LogP contribution < -0.4 is 11.1 Å². The van der Waals surface area contributed by atoms with Crippen molar-refractivity contribution in [3.63, 3.8) is 0 Å². The third-order valence-electron chi connectivity index (χ3n) is 3.27. The average molecular weight is 292 g/mol. The summed E-state index contributed by atoms with van der Waals surface area (Å²) in [6.45, 7) is 1.45. The predicted molar refractivity (Wildman–Crippen MR) is 87.7 cm³/mol. The van der Waals surface area contributed by atoms with Crippen molar-refractivity contribution >= 4 is 17.3 Å². The third kappa shape index (κ3) is 2.83. The van der Waals surface area contributed by atoms with Crippen molar-refractivity contribution in [1.82, 2.24) is 9.78 Å². The van der Waals surface area contributed by atoms with Crippen LogP contribution in [-0.4, -0.2) is 15.7 Å². The van der Waals surface area contributed by atoms with Gasteiger partial charge in [-0.3, -0.25) is 4.79 Å². The number of benzene rings is 2. The highest BCUT2D eigenvalue weighted by atomic mass is 16.1. The van der Waals surface area contributed by atoms with E-state index < -0.39 is 0 Å². The van der Waals surface area contributed by atoms with Gasteiger partial charge in [0.25, 0.3) is 0 Å². The normalized spacial score (nSPS) is 10.4. The third-order valence-corrected chi connectivity index (χ3v) is 3.27. The van der Waals surface area contributed by atoms with E-state index in [0.29, 0.717) is 11.4 Å². The average Bonchev–Trinajstić information content (AvgIpc) is 3.00. The topological polar surface area (TPSA) is 72.9 Å². The first-order chi connectivity index (χ1) is 10.6. The van der Waals surface area contributed by atoms with E-state index >= 15 is 0 Å². The second-order valence-electron chi connectivity index (χ2n) is 4.96. The number of para-hydroxylation sites is 1. The number of nitrogens with one attached hydrogen (secondary N) is 1. The van der Waals surface area contributed by atoms with Crippen LogP contribution in [0.1, 0.15) is 6.92 Å². The molecule has 1 aromatic heterocycles. The van der Waals surface area contributed by atoms with Gasteiger partial charge in [0.1, 0.15) is 0 Å². The highest BCUT2D eigenvalue weighted by Crippen LogP contribution is 2.26. The van der Waals surface area contributed by atoms with E-state index in [1.54, 1.807) is 6.07 Å². The minimum absolute atomic E-state index is 0.146. The van der Waals surface area contributed by atoms with E-state index in [0.717, 1.165) is 16.9 Å². The monoisotopic (exact) mass is 292 g/mol. The van der Waals surface area contributed by atoms with Crippen LogP contribution in [0.5, 0.6) is 0 Å². The molecule has 0 unspecified atom stereocenters. The number of aromatic nitrogens is 2. The number of nitrogen functional groups attached to an aromatic ring is 1. The summed E-state index contributed by atoms with van der Waals surface area (Å²) in [7, 11) is 0. The molecule has 0 bridgehead atoms. The maximum Gasteiger partial charge on any atom is 0.221 e. The van der Waals surface area contributed by atoms with Crippen molar-refractivity contribution in [2.45, 2.75) is 6.92 Å². The molecule has 0 spiro atoms. The van der Waals surface area contributed by atoms with Crippen molar-refractivity contribution < 1.29 is 4.79 Å². The highest BCUT2D eigenvalue weighted by Gasteiger charge is 2.07. The summed E-state index contributed by atoms with van der Waals surface area (Å²) in [5.41, 5.74) is 9.83. The number of nitrogens with zero attached hydrogens (tertiary/aromatic N) is 2. The minimum Gasteiger partial charge on any atom is -0.397 e. The quantitative estimate of drug-likeness (QED) is 0.729. The number of anilines is 2. The molecule has 0 aliphatic carbocycles. The Hall–Kier alpha value is -3.08. The van der Waals surface area contributed by atoms with Crippen molar-refractivity contribution in [2.24, 2.45) is 0 Å². The maximum atomic E-state index is 11.1. The van der Waals surface area contributed by atoms with E-state index in [-0.39, 0.29) is 5.91 Å². The van der Waals surface area contributed by atoms with Crippen LogP contribution in [0.3, 0.4) is 0 Å².